The van der Waals surface area contributed by atoms with Crippen molar-refractivity contribution < 1.29 is 65.7 Å². The standard InChI is InChI=1S/C45H59N2O9.BrH/c1-4-26-27-18-33-38-44(31-7-5-6-8-32(31)46(38)3)20-34(37(27)39(44)51)47(33,40(26)52)21-36(50)56-25-9-14-42(23-48)29-10-13-41(2)28(24-17-35(49)55-22-24)12-16-45(41,54)30(29)11-15-43(42,53)19-25;/h5-8,17,23,25-30,33-34,37-40,51-54H,4,9-16,18-22H2,1-3H3;1H/q+1;/p-1/t25-,26-,27-,28-,29-,30+,33-,34?,37-,38-,39+,40+,41+,42-,43-,44+,45-,47-;/m0./s1. The molecule has 310 valence electrons. The second-order valence-corrected chi connectivity index (χ2v) is 20.6. The van der Waals surface area contributed by atoms with Crippen LogP contribution in [0.15, 0.2) is 35.9 Å². The molecule has 1 spiro atoms. The highest BCUT2D eigenvalue weighted by Crippen LogP contribution is 2.73. The van der Waals surface area contributed by atoms with Gasteiger partial charge in [0, 0.05) is 55.3 Å². The van der Waals surface area contributed by atoms with Crippen molar-refractivity contribution >= 4 is 23.9 Å². The number of esters is 2. The number of piperidine rings is 4. The van der Waals surface area contributed by atoms with Crippen LogP contribution in [0.1, 0.15) is 96.5 Å². The Labute approximate surface area is 345 Å². The van der Waals surface area contributed by atoms with E-state index < -0.39 is 45.9 Å². The first-order chi connectivity index (χ1) is 26.7. The normalized spacial score (nSPS) is 53.1. The third kappa shape index (κ3) is 4.34. The third-order valence-corrected chi connectivity index (χ3v) is 19.6. The number of para-hydroxylation sites is 1. The quantitative estimate of drug-likeness (QED) is 0.181. The molecule has 5 aliphatic carbocycles. The second-order valence-electron chi connectivity index (χ2n) is 20.6. The summed E-state index contributed by atoms with van der Waals surface area (Å²) in [5.74, 6) is -0.852. The summed E-state index contributed by atoms with van der Waals surface area (Å²) < 4.78 is 11.9. The third-order valence-electron chi connectivity index (χ3n) is 19.6. The summed E-state index contributed by atoms with van der Waals surface area (Å²) in [6.07, 6.45) is 7.72. The van der Waals surface area contributed by atoms with Crippen molar-refractivity contribution in [2.45, 2.75) is 144 Å². The lowest BCUT2D eigenvalue weighted by Crippen LogP contribution is -3.00. The van der Waals surface area contributed by atoms with Gasteiger partial charge in [0.05, 0.1) is 40.2 Å². The van der Waals surface area contributed by atoms with Crippen LogP contribution in [0.2, 0.25) is 0 Å². The van der Waals surface area contributed by atoms with E-state index in [2.05, 4.69) is 44.0 Å². The van der Waals surface area contributed by atoms with Gasteiger partial charge >= 0.3 is 11.9 Å². The van der Waals surface area contributed by atoms with Crippen LogP contribution in [0.25, 0.3) is 0 Å². The molecule has 12 heteroatoms. The van der Waals surface area contributed by atoms with Crippen molar-refractivity contribution in [1.29, 1.82) is 0 Å². The van der Waals surface area contributed by atoms with E-state index in [1.54, 1.807) is 6.08 Å². The molecule has 57 heavy (non-hydrogen) atoms. The summed E-state index contributed by atoms with van der Waals surface area (Å²) in [6, 6.07) is 8.28. The lowest BCUT2D eigenvalue weighted by molar-refractivity contribution is -1.03. The van der Waals surface area contributed by atoms with Gasteiger partial charge in [0.25, 0.3) is 0 Å². The van der Waals surface area contributed by atoms with Crippen molar-refractivity contribution in [3.63, 3.8) is 0 Å². The van der Waals surface area contributed by atoms with Gasteiger partial charge in [-0.15, -0.1) is 0 Å². The number of quaternary nitrogens is 1. The van der Waals surface area contributed by atoms with Gasteiger partial charge in [-0.1, -0.05) is 32.0 Å². The maximum Gasteiger partial charge on any atom is 0.362 e. The molecule has 0 radical (unpaired) electrons. The number of fused-ring (bicyclic) bond motifs is 7. The van der Waals surface area contributed by atoms with Crippen molar-refractivity contribution in [2.75, 3.05) is 25.1 Å². The van der Waals surface area contributed by atoms with Gasteiger partial charge in [-0.3, -0.25) is 4.48 Å². The summed E-state index contributed by atoms with van der Waals surface area (Å²) in [4.78, 5) is 42.3. The summed E-state index contributed by atoms with van der Waals surface area (Å²) in [5.41, 5.74) is -1.04. The molecule has 9 fully saturated rings. The van der Waals surface area contributed by atoms with E-state index in [0.29, 0.717) is 44.9 Å². The highest BCUT2D eigenvalue weighted by atomic mass is 79.9. The molecule has 1 aromatic carbocycles. The molecule has 0 amide bonds. The highest BCUT2D eigenvalue weighted by Gasteiger charge is 2.83. The number of hydrogen-bond donors (Lipinski definition) is 4. The molecule has 5 saturated carbocycles. The van der Waals surface area contributed by atoms with Crippen LogP contribution >= 0.6 is 0 Å². The molecule has 12 rings (SSSR count). The fraction of sp³-hybridized carbons (Fsp3) is 0.756. The number of halogens is 1. The van der Waals surface area contributed by atoms with Gasteiger partial charge < -0.3 is 56.6 Å². The van der Waals surface area contributed by atoms with E-state index >= 15 is 0 Å². The molecule has 1 aromatic rings. The number of carbonyl (C=O) groups excluding carboxylic acids is 3. The zero-order valence-corrected chi connectivity index (χ0v) is 35.0. The van der Waals surface area contributed by atoms with E-state index in [-0.39, 0.29) is 107 Å². The molecule has 4 N–H and O–H groups in total. The second kappa shape index (κ2) is 12.4. The number of nitrogens with zero attached hydrogens (tertiary/aromatic N) is 2. The summed E-state index contributed by atoms with van der Waals surface area (Å²) in [6.45, 7) is 4.56. The molecule has 11 nitrogen and oxygen atoms in total. The molecular weight excluding hydrogens is 792 g/mol. The number of ether oxygens (including phenoxy) is 2. The average molecular weight is 852 g/mol. The molecular formula is C45H59BrN2O9. The predicted molar refractivity (Wildman–Crippen MR) is 202 cm³/mol. The van der Waals surface area contributed by atoms with E-state index in [0.717, 1.165) is 43.2 Å². The Bertz CT molecular complexity index is 1950. The van der Waals surface area contributed by atoms with Crippen molar-refractivity contribution in [2.24, 2.45) is 46.3 Å². The molecule has 6 aliphatic heterocycles. The zero-order valence-electron chi connectivity index (χ0n) is 33.4. The van der Waals surface area contributed by atoms with Crippen LogP contribution in [0, 0.1) is 46.3 Å². The van der Waals surface area contributed by atoms with Gasteiger partial charge in [0.15, 0.2) is 12.8 Å². The largest absolute Gasteiger partial charge is 1.00 e. The van der Waals surface area contributed by atoms with Gasteiger partial charge in [-0.25, -0.2) is 9.59 Å². The van der Waals surface area contributed by atoms with E-state index in [1.165, 1.54) is 5.56 Å². The smallest absolute Gasteiger partial charge is 0.362 e. The molecule has 1 unspecified atom stereocenters. The van der Waals surface area contributed by atoms with Crippen LogP contribution in [0.5, 0.6) is 0 Å². The van der Waals surface area contributed by atoms with Crippen molar-refractivity contribution in [3.05, 3.63) is 41.5 Å². The first-order valence-corrected chi connectivity index (χ1v) is 21.8. The average Bonchev–Trinajstić information content (AvgIpc) is 3.86. The Morgan fingerprint density at radius 3 is 2.54 bits per heavy atom. The Balaban J connectivity index is 0.00000396. The molecule has 6 heterocycles. The first kappa shape index (κ1) is 38.8. The number of anilines is 1. The molecule has 5 bridgehead atoms. The lowest BCUT2D eigenvalue weighted by atomic mass is 9.41. The van der Waals surface area contributed by atoms with Crippen molar-refractivity contribution in [3.8, 4) is 0 Å². The summed E-state index contributed by atoms with van der Waals surface area (Å²) in [5, 5.41) is 50.1. The number of likely N-dealkylation sites (N-methyl/N-ethyl adjacent to an activating group) is 1. The number of aliphatic hydroxyl groups is 4. The highest BCUT2D eigenvalue weighted by molar-refractivity contribution is 5.85. The minimum atomic E-state index is -1.37. The SMILES string of the molecule is CC[C@H]1[C@@H]2C[C@H]3[C@@H]4N(C)c5ccccc5[C@]45CC([C@H]2[C@H]5O)[N@@+]3(CC(=O)O[C@H]2CC[C@]3(C=O)[C@H]4CC[C@]5(C)[C@H](C6=CC(=O)OC6)CC[C@]5(O)[C@@H]4CC[C@]3(O)C2)[C@@H]1O.[Br-]. The Hall–Kier alpha value is -2.35. The van der Waals surface area contributed by atoms with E-state index in [4.69, 9.17) is 9.47 Å². The Morgan fingerprint density at radius 1 is 1.04 bits per heavy atom. The topological polar surface area (TPSA) is 154 Å². The van der Waals surface area contributed by atoms with Gasteiger partial charge in [0.1, 0.15) is 25.0 Å². The number of aliphatic hydroxyl groups excluding tert-OH is 2. The fourth-order valence-electron chi connectivity index (χ4n) is 17.6. The van der Waals surface area contributed by atoms with Crippen LogP contribution in [0.3, 0.4) is 0 Å². The number of cyclic esters (lactones) is 1. The maximum atomic E-state index is 14.5. The summed E-state index contributed by atoms with van der Waals surface area (Å²) in [7, 11) is 2.11. The van der Waals surface area contributed by atoms with Crippen LogP contribution in [-0.4, -0.2) is 111 Å². The molecule has 11 aliphatic rings. The minimum Gasteiger partial charge on any atom is -1.00 e. The van der Waals surface area contributed by atoms with Crippen LogP contribution in [-0.2, 0) is 29.3 Å². The Morgan fingerprint density at radius 2 is 1.81 bits per heavy atom. The summed E-state index contributed by atoms with van der Waals surface area (Å²) >= 11 is 0. The van der Waals surface area contributed by atoms with E-state index in [9.17, 15) is 34.8 Å². The van der Waals surface area contributed by atoms with Gasteiger partial charge in [0.2, 0.25) is 0 Å². The Kier molecular flexibility index (Phi) is 8.43. The van der Waals surface area contributed by atoms with Gasteiger partial charge in [-0.2, -0.15) is 0 Å². The fourth-order valence-corrected chi connectivity index (χ4v) is 17.6. The molecule has 18 atom stereocenters. The molecule has 4 saturated heterocycles. The monoisotopic (exact) mass is 850 g/mol. The number of rotatable bonds is 6. The lowest BCUT2D eigenvalue weighted by Gasteiger charge is -2.67. The van der Waals surface area contributed by atoms with Gasteiger partial charge in [-0.05, 0) is 98.7 Å². The first-order valence-electron chi connectivity index (χ1n) is 21.8. The number of hydrogen-bond acceptors (Lipinski definition) is 10. The predicted octanol–water partition coefficient (Wildman–Crippen LogP) is 0.536. The maximum absolute atomic E-state index is 14.5. The molecule has 0 aromatic heterocycles. The minimum absolute atomic E-state index is 0. The zero-order chi connectivity index (χ0) is 38.9. The van der Waals surface area contributed by atoms with Crippen LogP contribution < -0.4 is 21.9 Å². The number of aldehydes is 1. The number of benzene rings is 1. The van der Waals surface area contributed by atoms with Crippen molar-refractivity contribution in [1.82, 2.24) is 0 Å². The van der Waals surface area contributed by atoms with E-state index in [1.807, 2.05) is 6.07 Å². The van der Waals surface area contributed by atoms with Crippen LogP contribution in [0.4, 0.5) is 5.69 Å². The number of carbonyl (C=O) groups is 3.